The number of nitrogens with two attached hydrogens (primary N) is 1. The smallest absolute Gasteiger partial charge is 0.221 e. The minimum absolute atomic E-state index is 0.0451. The average Bonchev–Trinajstić information content (AvgIpc) is 2.72. The van der Waals surface area contributed by atoms with E-state index < -0.39 is 0 Å². The van der Waals surface area contributed by atoms with E-state index in [0.29, 0.717) is 23.1 Å². The number of carbonyl (C=O) groups is 1. The highest BCUT2D eigenvalue weighted by atomic mass is 35.5. The van der Waals surface area contributed by atoms with Gasteiger partial charge in [-0.1, -0.05) is 29.3 Å². The van der Waals surface area contributed by atoms with Crippen LogP contribution in [0, 0.1) is 5.92 Å². The standard InChI is InChI=1S/C12H14Cl2N2O/c13-10-2-1-3-11(14)9(10)7-16-5-4-8(6-16)12(15)17/h1-3,8H,4-7H2,(H2,15,17). The van der Waals surface area contributed by atoms with Gasteiger partial charge in [-0.15, -0.1) is 0 Å². The van der Waals surface area contributed by atoms with Crippen molar-refractivity contribution in [2.45, 2.75) is 13.0 Å². The summed E-state index contributed by atoms with van der Waals surface area (Å²) in [5.74, 6) is -0.269. The van der Waals surface area contributed by atoms with Crippen molar-refractivity contribution >= 4 is 29.1 Å². The molecule has 0 bridgehead atoms. The number of hydrogen-bond acceptors (Lipinski definition) is 2. The number of likely N-dealkylation sites (tertiary alicyclic amines) is 1. The van der Waals surface area contributed by atoms with Gasteiger partial charge in [0.2, 0.25) is 5.91 Å². The second-order valence-electron chi connectivity index (χ2n) is 4.32. The lowest BCUT2D eigenvalue weighted by molar-refractivity contribution is -0.121. The van der Waals surface area contributed by atoms with Crippen molar-refractivity contribution in [1.29, 1.82) is 0 Å². The highest BCUT2D eigenvalue weighted by Crippen LogP contribution is 2.27. The molecule has 5 heteroatoms. The monoisotopic (exact) mass is 272 g/mol. The molecular formula is C12H14Cl2N2O. The highest BCUT2D eigenvalue weighted by Gasteiger charge is 2.27. The quantitative estimate of drug-likeness (QED) is 0.918. The van der Waals surface area contributed by atoms with E-state index in [-0.39, 0.29) is 11.8 Å². The molecule has 1 fully saturated rings. The molecule has 92 valence electrons. The highest BCUT2D eigenvalue weighted by molar-refractivity contribution is 6.35. The number of rotatable bonds is 3. The van der Waals surface area contributed by atoms with Crippen molar-refractivity contribution in [3.8, 4) is 0 Å². The van der Waals surface area contributed by atoms with E-state index in [0.717, 1.165) is 18.5 Å². The predicted octanol–water partition coefficient (Wildman–Crippen LogP) is 2.30. The molecule has 17 heavy (non-hydrogen) atoms. The molecule has 1 aliphatic rings. The fourth-order valence-corrected chi connectivity index (χ4v) is 2.63. The van der Waals surface area contributed by atoms with Crippen molar-refractivity contribution in [3.05, 3.63) is 33.8 Å². The van der Waals surface area contributed by atoms with Gasteiger partial charge < -0.3 is 5.73 Å². The molecule has 1 atom stereocenters. The maximum atomic E-state index is 11.1. The average molecular weight is 273 g/mol. The molecule has 1 aromatic rings. The van der Waals surface area contributed by atoms with Gasteiger partial charge in [-0.3, -0.25) is 9.69 Å². The maximum Gasteiger partial charge on any atom is 0.221 e. The first-order chi connectivity index (χ1) is 8.08. The molecule has 1 heterocycles. The maximum absolute atomic E-state index is 11.1. The van der Waals surface area contributed by atoms with Crippen LogP contribution < -0.4 is 5.73 Å². The van der Waals surface area contributed by atoms with Gasteiger partial charge in [0.25, 0.3) is 0 Å². The van der Waals surface area contributed by atoms with E-state index in [4.69, 9.17) is 28.9 Å². The van der Waals surface area contributed by atoms with Crippen LogP contribution >= 0.6 is 23.2 Å². The third-order valence-corrected chi connectivity index (χ3v) is 3.83. The Hall–Kier alpha value is -0.770. The summed E-state index contributed by atoms with van der Waals surface area (Å²) < 4.78 is 0. The van der Waals surface area contributed by atoms with Gasteiger partial charge >= 0.3 is 0 Å². The van der Waals surface area contributed by atoms with Crippen molar-refractivity contribution in [1.82, 2.24) is 4.90 Å². The lowest BCUT2D eigenvalue weighted by atomic mass is 10.1. The van der Waals surface area contributed by atoms with E-state index in [9.17, 15) is 4.79 Å². The van der Waals surface area contributed by atoms with Crippen LogP contribution in [-0.4, -0.2) is 23.9 Å². The first-order valence-corrected chi connectivity index (χ1v) is 6.28. The first kappa shape index (κ1) is 12.7. The van der Waals surface area contributed by atoms with Gasteiger partial charge in [0, 0.05) is 28.7 Å². The molecule has 2 N–H and O–H groups in total. The summed E-state index contributed by atoms with van der Waals surface area (Å²) in [6.07, 6.45) is 0.817. The zero-order valence-electron chi connectivity index (χ0n) is 9.33. The number of benzene rings is 1. The largest absolute Gasteiger partial charge is 0.369 e. The molecular weight excluding hydrogens is 259 g/mol. The number of hydrogen-bond donors (Lipinski definition) is 1. The predicted molar refractivity (Wildman–Crippen MR) is 69.0 cm³/mol. The number of halogens is 2. The molecule has 1 aromatic carbocycles. The molecule has 1 aliphatic heterocycles. The topological polar surface area (TPSA) is 46.3 Å². The normalized spacial score (nSPS) is 20.7. The van der Waals surface area contributed by atoms with E-state index >= 15 is 0 Å². The van der Waals surface area contributed by atoms with E-state index in [1.54, 1.807) is 0 Å². The van der Waals surface area contributed by atoms with Gasteiger partial charge in [0.1, 0.15) is 0 Å². The fraction of sp³-hybridized carbons (Fsp3) is 0.417. The van der Waals surface area contributed by atoms with Gasteiger partial charge in [-0.2, -0.15) is 0 Å². The molecule has 1 saturated heterocycles. The summed E-state index contributed by atoms with van der Waals surface area (Å²) in [7, 11) is 0. The Morgan fingerprint density at radius 3 is 2.59 bits per heavy atom. The zero-order chi connectivity index (χ0) is 12.4. The van der Waals surface area contributed by atoms with Crippen LogP contribution in [-0.2, 0) is 11.3 Å². The second kappa shape index (κ2) is 5.25. The van der Waals surface area contributed by atoms with Crippen LogP contribution in [0.4, 0.5) is 0 Å². The molecule has 0 aromatic heterocycles. The van der Waals surface area contributed by atoms with E-state index in [1.807, 2.05) is 18.2 Å². The van der Waals surface area contributed by atoms with Gasteiger partial charge in [0.15, 0.2) is 0 Å². The summed E-state index contributed by atoms with van der Waals surface area (Å²) >= 11 is 12.2. The third-order valence-electron chi connectivity index (χ3n) is 3.12. The second-order valence-corrected chi connectivity index (χ2v) is 5.14. The van der Waals surface area contributed by atoms with Crippen molar-refractivity contribution in [3.63, 3.8) is 0 Å². The number of primary amides is 1. The summed E-state index contributed by atoms with van der Waals surface area (Å²) in [5.41, 5.74) is 6.21. The Kier molecular flexibility index (Phi) is 3.92. The summed E-state index contributed by atoms with van der Waals surface area (Å²) in [6, 6.07) is 5.47. The lowest BCUT2D eigenvalue weighted by Crippen LogP contribution is -2.27. The molecule has 0 radical (unpaired) electrons. The molecule has 0 aliphatic carbocycles. The minimum atomic E-state index is -0.224. The first-order valence-electron chi connectivity index (χ1n) is 5.52. The van der Waals surface area contributed by atoms with Crippen LogP contribution in [0.1, 0.15) is 12.0 Å². The number of amides is 1. The van der Waals surface area contributed by atoms with Gasteiger partial charge in [-0.05, 0) is 25.1 Å². The SMILES string of the molecule is NC(=O)C1CCN(Cc2c(Cl)cccc2Cl)C1. The third kappa shape index (κ3) is 2.92. The Bertz CT molecular complexity index is 416. The Labute approximate surface area is 110 Å². The summed E-state index contributed by atoms with van der Waals surface area (Å²) in [4.78, 5) is 13.2. The zero-order valence-corrected chi connectivity index (χ0v) is 10.8. The molecule has 1 amide bonds. The van der Waals surface area contributed by atoms with Crippen LogP contribution in [0.15, 0.2) is 18.2 Å². The van der Waals surface area contributed by atoms with E-state index in [1.165, 1.54) is 0 Å². The summed E-state index contributed by atoms with van der Waals surface area (Å²) in [6.45, 7) is 2.22. The molecule has 3 nitrogen and oxygen atoms in total. The number of nitrogens with zero attached hydrogens (tertiary/aromatic N) is 1. The number of carbonyl (C=O) groups excluding carboxylic acids is 1. The molecule has 2 rings (SSSR count). The van der Waals surface area contributed by atoms with E-state index in [2.05, 4.69) is 4.90 Å². The van der Waals surface area contributed by atoms with Crippen molar-refractivity contribution < 1.29 is 4.79 Å². The fourth-order valence-electron chi connectivity index (χ4n) is 2.12. The van der Waals surface area contributed by atoms with Crippen LogP contribution in [0.3, 0.4) is 0 Å². The van der Waals surface area contributed by atoms with Crippen molar-refractivity contribution in [2.24, 2.45) is 11.7 Å². The minimum Gasteiger partial charge on any atom is -0.369 e. The lowest BCUT2D eigenvalue weighted by Gasteiger charge is -2.17. The Morgan fingerprint density at radius 2 is 2.06 bits per heavy atom. The van der Waals surface area contributed by atoms with Gasteiger partial charge in [0.05, 0.1) is 5.92 Å². The molecule has 0 spiro atoms. The molecule has 1 unspecified atom stereocenters. The van der Waals surface area contributed by atoms with Crippen molar-refractivity contribution in [2.75, 3.05) is 13.1 Å². The Morgan fingerprint density at radius 1 is 1.41 bits per heavy atom. The van der Waals surface area contributed by atoms with Crippen LogP contribution in [0.2, 0.25) is 10.0 Å². The Balaban J connectivity index is 2.05. The van der Waals surface area contributed by atoms with Crippen LogP contribution in [0.5, 0.6) is 0 Å². The molecule has 0 saturated carbocycles. The van der Waals surface area contributed by atoms with Crippen LogP contribution in [0.25, 0.3) is 0 Å². The summed E-state index contributed by atoms with van der Waals surface area (Å²) in [5, 5.41) is 1.33. The van der Waals surface area contributed by atoms with Gasteiger partial charge in [-0.25, -0.2) is 0 Å².